The van der Waals surface area contributed by atoms with Crippen molar-refractivity contribution in [3.05, 3.63) is 113 Å². The molecule has 0 spiro atoms. The van der Waals surface area contributed by atoms with E-state index in [1.165, 1.54) is 22.0 Å². The van der Waals surface area contributed by atoms with E-state index in [2.05, 4.69) is 79.7 Å². The lowest BCUT2D eigenvalue weighted by Crippen LogP contribution is -2.00. The summed E-state index contributed by atoms with van der Waals surface area (Å²) in [7, 11) is 0. The van der Waals surface area contributed by atoms with E-state index < -0.39 is 0 Å². The fourth-order valence-corrected chi connectivity index (χ4v) is 4.51. The average molecular weight is 461 g/mol. The second-order valence-corrected chi connectivity index (χ2v) is 8.59. The van der Waals surface area contributed by atoms with Gasteiger partial charge in [-0.2, -0.15) is 10.3 Å². The highest BCUT2D eigenvalue weighted by molar-refractivity contribution is 5.85. The lowest BCUT2D eigenvalue weighted by Gasteiger charge is -2.11. The minimum absolute atomic E-state index is 0.445. The third-order valence-corrected chi connectivity index (χ3v) is 6.18. The Morgan fingerprint density at radius 2 is 1.69 bits per heavy atom. The molecule has 7 heteroatoms. The van der Waals surface area contributed by atoms with Crippen LogP contribution >= 0.6 is 0 Å². The monoisotopic (exact) mass is 460 g/mol. The van der Waals surface area contributed by atoms with Crippen molar-refractivity contribution in [1.29, 1.82) is 0 Å². The van der Waals surface area contributed by atoms with Gasteiger partial charge in [0, 0.05) is 30.1 Å². The minimum atomic E-state index is 0.445. The Balaban J connectivity index is 1.25. The van der Waals surface area contributed by atoms with Crippen LogP contribution in [-0.2, 0) is 19.6 Å². The second-order valence-electron chi connectivity index (χ2n) is 8.59. The van der Waals surface area contributed by atoms with Crippen molar-refractivity contribution in [3.63, 3.8) is 0 Å². The Hall–Kier alpha value is -4.65. The number of nitrogen functional groups attached to an aromatic ring is 1. The van der Waals surface area contributed by atoms with E-state index in [0.29, 0.717) is 24.5 Å². The number of aromatic amines is 1. The summed E-state index contributed by atoms with van der Waals surface area (Å²) in [6.45, 7) is 1.31. The quantitative estimate of drug-likeness (QED) is 0.345. The zero-order valence-corrected chi connectivity index (χ0v) is 19.1. The summed E-state index contributed by atoms with van der Waals surface area (Å²) in [6.07, 6.45) is 2.83. The number of nitrogens with one attached hydrogen (secondary N) is 1. The number of fused-ring (bicyclic) bond motifs is 2. The maximum Gasteiger partial charge on any atom is 0.203 e. The highest BCUT2D eigenvalue weighted by Gasteiger charge is 2.12. The molecule has 7 nitrogen and oxygen atoms in total. The van der Waals surface area contributed by atoms with Crippen LogP contribution in [0, 0.1) is 0 Å². The lowest BCUT2D eigenvalue weighted by atomic mass is 10.0. The van der Waals surface area contributed by atoms with E-state index in [1.54, 1.807) is 0 Å². The van der Waals surface area contributed by atoms with E-state index in [0.717, 1.165) is 28.9 Å². The van der Waals surface area contributed by atoms with Gasteiger partial charge in [-0.1, -0.05) is 54.6 Å². The maximum absolute atomic E-state index is 6.02. The van der Waals surface area contributed by atoms with Gasteiger partial charge >= 0.3 is 0 Å². The van der Waals surface area contributed by atoms with Crippen LogP contribution in [0.15, 0.2) is 91.1 Å². The van der Waals surface area contributed by atoms with Crippen molar-refractivity contribution in [3.8, 4) is 5.75 Å². The van der Waals surface area contributed by atoms with Crippen molar-refractivity contribution < 1.29 is 4.74 Å². The first kappa shape index (κ1) is 20.9. The molecule has 6 aromatic rings. The summed E-state index contributed by atoms with van der Waals surface area (Å²) < 4.78 is 8.29. The van der Waals surface area contributed by atoms with Gasteiger partial charge < -0.3 is 15.0 Å². The van der Waals surface area contributed by atoms with E-state index in [1.807, 2.05) is 36.4 Å². The number of hydrogen-bond donors (Lipinski definition) is 2. The Morgan fingerprint density at radius 1 is 0.829 bits per heavy atom. The summed E-state index contributed by atoms with van der Waals surface area (Å²) in [5.41, 5.74) is 13.0. The number of hydrogen-bond acceptors (Lipinski definition) is 5. The molecular weight excluding hydrogens is 436 g/mol. The van der Waals surface area contributed by atoms with Crippen molar-refractivity contribution >= 4 is 27.9 Å². The molecule has 3 N–H and O–H groups in total. The smallest absolute Gasteiger partial charge is 0.203 e. The number of anilines is 1. The van der Waals surface area contributed by atoms with Gasteiger partial charge in [0.1, 0.15) is 23.7 Å². The number of nitrogens with zero attached hydrogens (tertiary/aromatic N) is 4. The number of nitrogens with two attached hydrogens (primary N) is 1. The Labute approximate surface area is 202 Å². The van der Waals surface area contributed by atoms with Crippen molar-refractivity contribution in [2.75, 3.05) is 5.73 Å². The Bertz CT molecular complexity index is 1620. The average Bonchev–Trinajstić information content (AvgIpc) is 3.52. The zero-order chi connectivity index (χ0) is 23.6. The molecule has 0 aliphatic carbocycles. The van der Waals surface area contributed by atoms with Gasteiger partial charge in [-0.3, -0.25) is 0 Å². The van der Waals surface area contributed by atoms with Crippen LogP contribution in [0.1, 0.15) is 22.3 Å². The predicted molar refractivity (Wildman–Crippen MR) is 137 cm³/mol. The normalized spacial score (nSPS) is 11.3. The second kappa shape index (κ2) is 8.95. The van der Waals surface area contributed by atoms with Gasteiger partial charge in [-0.15, -0.1) is 5.10 Å². The first-order chi connectivity index (χ1) is 17.2. The summed E-state index contributed by atoms with van der Waals surface area (Å²) in [4.78, 5) is 4.25. The highest BCUT2D eigenvalue weighted by atomic mass is 16.5. The minimum Gasteiger partial charge on any atom is -0.489 e. The van der Waals surface area contributed by atoms with Crippen LogP contribution in [0.3, 0.4) is 0 Å². The first-order valence-electron chi connectivity index (χ1n) is 11.5. The van der Waals surface area contributed by atoms with Crippen molar-refractivity contribution in [2.24, 2.45) is 0 Å². The standard InChI is InChI=1S/C28H24N6O/c29-26-16-22(27-28(30-26)32-33-31-27)15-21-9-5-11-25-24(21)12-13-34(25)17-20-8-4-10-23(14-20)35-18-19-6-2-1-3-7-19/h1-14,16H,15,17-18H2,(H3,29,30,31,32,33). The van der Waals surface area contributed by atoms with E-state index >= 15 is 0 Å². The lowest BCUT2D eigenvalue weighted by molar-refractivity contribution is 0.306. The molecule has 0 radical (unpaired) electrons. The molecule has 0 saturated heterocycles. The number of benzene rings is 3. The summed E-state index contributed by atoms with van der Waals surface area (Å²) >= 11 is 0. The molecule has 0 atom stereocenters. The van der Waals surface area contributed by atoms with Gasteiger partial charge in [0.25, 0.3) is 0 Å². The molecule has 0 saturated carbocycles. The molecule has 0 unspecified atom stereocenters. The molecule has 3 aromatic carbocycles. The maximum atomic E-state index is 6.02. The van der Waals surface area contributed by atoms with Crippen molar-refractivity contribution in [2.45, 2.75) is 19.6 Å². The van der Waals surface area contributed by atoms with Crippen LogP contribution in [0.4, 0.5) is 5.82 Å². The van der Waals surface area contributed by atoms with E-state index in [9.17, 15) is 0 Å². The first-order valence-corrected chi connectivity index (χ1v) is 11.5. The molecule has 0 bridgehead atoms. The van der Waals surface area contributed by atoms with Crippen LogP contribution in [0.2, 0.25) is 0 Å². The largest absolute Gasteiger partial charge is 0.489 e. The van der Waals surface area contributed by atoms with Gasteiger partial charge in [0.05, 0.1) is 0 Å². The number of H-pyrrole nitrogens is 1. The topological polar surface area (TPSA) is 94.6 Å². The summed E-state index contributed by atoms with van der Waals surface area (Å²) in [6, 6.07) is 28.9. The number of aromatic nitrogens is 5. The molecule has 0 aliphatic rings. The molecule has 6 rings (SSSR count). The third-order valence-electron chi connectivity index (χ3n) is 6.18. The Morgan fingerprint density at radius 3 is 2.60 bits per heavy atom. The molecule has 3 heterocycles. The molecule has 3 aromatic heterocycles. The predicted octanol–water partition coefficient (Wildman–Crippen LogP) is 5.11. The van der Waals surface area contributed by atoms with Gasteiger partial charge in [-0.25, -0.2) is 4.98 Å². The van der Waals surface area contributed by atoms with E-state index in [-0.39, 0.29) is 0 Å². The number of ether oxygens (including phenoxy) is 1. The number of rotatable bonds is 7. The third kappa shape index (κ3) is 4.31. The molecule has 0 amide bonds. The fourth-order valence-electron chi connectivity index (χ4n) is 4.51. The van der Waals surface area contributed by atoms with Crippen molar-refractivity contribution in [1.82, 2.24) is 25.0 Å². The van der Waals surface area contributed by atoms with E-state index in [4.69, 9.17) is 10.5 Å². The summed E-state index contributed by atoms with van der Waals surface area (Å²) in [5, 5.41) is 12.2. The van der Waals surface area contributed by atoms with Gasteiger partial charge in [-0.05, 0) is 52.6 Å². The van der Waals surface area contributed by atoms with Crippen LogP contribution in [0.5, 0.6) is 5.75 Å². The van der Waals surface area contributed by atoms with Crippen LogP contribution in [0.25, 0.3) is 22.1 Å². The number of pyridine rings is 1. The molecule has 172 valence electrons. The van der Waals surface area contributed by atoms with Gasteiger partial charge in [0.15, 0.2) is 0 Å². The molecular formula is C28H24N6O. The summed E-state index contributed by atoms with van der Waals surface area (Å²) in [5.74, 6) is 1.32. The molecule has 0 fully saturated rings. The molecule has 35 heavy (non-hydrogen) atoms. The fraction of sp³-hybridized carbons (Fsp3) is 0.107. The van der Waals surface area contributed by atoms with Gasteiger partial charge in [0.2, 0.25) is 5.65 Å². The zero-order valence-electron chi connectivity index (χ0n) is 19.1. The SMILES string of the molecule is Nc1cc(Cc2cccc3c2ccn3Cc2cccc(OCc3ccccc3)c2)c2n[nH]nc2n1. The van der Waals surface area contributed by atoms with Crippen LogP contribution in [-0.4, -0.2) is 25.0 Å². The highest BCUT2D eigenvalue weighted by Crippen LogP contribution is 2.26. The molecule has 0 aliphatic heterocycles. The van der Waals surface area contributed by atoms with Crippen LogP contribution < -0.4 is 10.5 Å². The Kier molecular flexibility index (Phi) is 5.35.